The van der Waals surface area contributed by atoms with E-state index >= 15 is 0 Å². The summed E-state index contributed by atoms with van der Waals surface area (Å²) in [6.07, 6.45) is 1.55. The van der Waals surface area contributed by atoms with Gasteiger partial charge < -0.3 is 29.7 Å². The minimum Gasteiger partial charge on any atom is -0.548 e. The monoisotopic (exact) mass is 447 g/mol. The number of carboxylic acid groups (broad SMARTS) is 1. The second-order valence-corrected chi connectivity index (χ2v) is 10.5. The average molecular weight is 447 g/mol. The maximum atomic E-state index is 13.0. The van der Waals surface area contributed by atoms with Crippen LogP contribution in [0.15, 0.2) is 0 Å². The quantitative estimate of drug-likeness (QED) is 0.340. The fourth-order valence-electron chi connectivity index (χ4n) is 5.07. The topological polar surface area (TPSA) is 121 Å². The fourth-order valence-corrected chi connectivity index (χ4v) is 6.78. The molecule has 4 aliphatic rings. The molecule has 0 aromatic rings. The van der Waals surface area contributed by atoms with E-state index in [0.717, 1.165) is 12.8 Å². The van der Waals surface area contributed by atoms with Crippen LogP contribution in [0.1, 0.15) is 39.5 Å². The molecule has 4 fully saturated rings. The summed E-state index contributed by atoms with van der Waals surface area (Å²) in [5.41, 5.74) is 0. The van der Waals surface area contributed by atoms with Crippen molar-refractivity contribution in [2.75, 3.05) is 19.6 Å². The summed E-state index contributed by atoms with van der Waals surface area (Å²) in [5, 5.41) is 21.7. The molecule has 0 saturated carbocycles. The summed E-state index contributed by atoms with van der Waals surface area (Å²) >= 11 is 1.26. The molecule has 0 radical (unpaired) electrons. The van der Waals surface area contributed by atoms with Gasteiger partial charge in [0.25, 0.3) is 5.91 Å². The number of carboxylic acids is 1. The predicted octanol–water partition coefficient (Wildman–Crippen LogP) is -4.61. The number of nitrogens with zero attached hydrogens (tertiary/aromatic N) is 3. The largest absolute Gasteiger partial charge is 1.00 e. The van der Waals surface area contributed by atoms with Crippen LogP contribution in [0.25, 0.3) is 0 Å². The van der Waals surface area contributed by atoms with E-state index in [-0.39, 0.29) is 35.5 Å². The van der Waals surface area contributed by atoms with E-state index in [9.17, 15) is 29.4 Å². The number of rotatable bonds is 4. The Balaban J connectivity index is 0.00000256. The van der Waals surface area contributed by atoms with Crippen molar-refractivity contribution in [1.29, 1.82) is 0 Å². The van der Waals surface area contributed by atoms with Gasteiger partial charge in [-0.25, -0.2) is 0 Å². The summed E-state index contributed by atoms with van der Waals surface area (Å²) in [6.45, 7) is 5.17. The summed E-state index contributed by atoms with van der Waals surface area (Å²) in [4.78, 5) is 54.3. The van der Waals surface area contributed by atoms with Crippen molar-refractivity contribution in [1.82, 2.24) is 14.7 Å². The van der Waals surface area contributed by atoms with Crippen molar-refractivity contribution >= 4 is 35.5 Å². The Labute approximate surface area is 201 Å². The van der Waals surface area contributed by atoms with Gasteiger partial charge in [-0.05, 0) is 39.5 Å². The maximum absolute atomic E-state index is 13.0. The summed E-state index contributed by atoms with van der Waals surface area (Å²) in [6, 6.07) is -1.69. The SMILES string of the molecule is CC1(C)S[C@@H]2[C@H]([C@H](O)C(=O)N3CCC[C@H]3C(=O)N3CCCC3)C(=O)N2[C@H]1C(=O)[O-].[Na+]. The number of amides is 3. The third-order valence-electron chi connectivity index (χ3n) is 6.54. The Hall–Kier alpha value is -0.810. The molecule has 4 aliphatic heterocycles. The van der Waals surface area contributed by atoms with E-state index < -0.39 is 52.0 Å². The molecule has 30 heavy (non-hydrogen) atoms. The predicted molar refractivity (Wildman–Crippen MR) is 101 cm³/mol. The Bertz CT molecular complexity index is 759. The first kappa shape index (κ1) is 23.8. The summed E-state index contributed by atoms with van der Waals surface area (Å²) in [7, 11) is 0. The number of carbonyl (C=O) groups is 4. The van der Waals surface area contributed by atoms with Gasteiger partial charge in [0.15, 0.2) is 0 Å². The molecule has 0 aromatic carbocycles. The molecule has 160 valence electrons. The first-order valence-corrected chi connectivity index (χ1v) is 11.0. The van der Waals surface area contributed by atoms with Crippen molar-refractivity contribution in [2.45, 2.75) is 67.8 Å². The minimum absolute atomic E-state index is 0. The number of thioether (sulfide) groups is 1. The number of likely N-dealkylation sites (tertiary alicyclic amines) is 2. The van der Waals surface area contributed by atoms with E-state index in [1.54, 1.807) is 18.7 Å². The van der Waals surface area contributed by atoms with Crippen LogP contribution < -0.4 is 34.7 Å². The van der Waals surface area contributed by atoms with E-state index in [2.05, 4.69) is 0 Å². The van der Waals surface area contributed by atoms with E-state index in [1.807, 2.05) is 0 Å². The van der Waals surface area contributed by atoms with Crippen molar-refractivity contribution in [2.24, 2.45) is 5.92 Å². The van der Waals surface area contributed by atoms with Crippen LogP contribution in [0.4, 0.5) is 0 Å². The molecule has 5 atom stereocenters. The molecule has 4 saturated heterocycles. The van der Waals surface area contributed by atoms with Crippen molar-refractivity contribution < 1.29 is 58.9 Å². The molecular weight excluding hydrogens is 421 g/mol. The third-order valence-corrected chi connectivity index (χ3v) is 8.13. The van der Waals surface area contributed by atoms with Crippen LogP contribution in [0.5, 0.6) is 0 Å². The minimum atomic E-state index is -1.58. The molecule has 4 heterocycles. The number of fused-ring (bicyclic) bond motifs is 1. The Morgan fingerprint density at radius 2 is 1.80 bits per heavy atom. The van der Waals surface area contributed by atoms with Gasteiger partial charge in [-0.3, -0.25) is 14.4 Å². The van der Waals surface area contributed by atoms with Gasteiger partial charge in [-0.15, -0.1) is 11.8 Å². The Kier molecular flexibility index (Phi) is 6.85. The molecule has 0 bridgehead atoms. The number of hydrogen-bond acceptors (Lipinski definition) is 7. The van der Waals surface area contributed by atoms with Gasteiger partial charge >= 0.3 is 29.6 Å². The molecule has 1 N–H and O–H groups in total. The number of aliphatic carboxylic acids is 1. The molecular formula is C19H26N3NaO6S. The number of hydrogen-bond donors (Lipinski definition) is 1. The smallest absolute Gasteiger partial charge is 0.548 e. The molecule has 0 aromatic heterocycles. The number of aliphatic hydroxyl groups is 1. The van der Waals surface area contributed by atoms with Crippen LogP contribution in [0.2, 0.25) is 0 Å². The van der Waals surface area contributed by atoms with Gasteiger partial charge in [-0.2, -0.15) is 0 Å². The van der Waals surface area contributed by atoms with Crippen LogP contribution in [-0.2, 0) is 19.2 Å². The van der Waals surface area contributed by atoms with Crippen molar-refractivity contribution in [3.05, 3.63) is 0 Å². The van der Waals surface area contributed by atoms with Crippen LogP contribution in [-0.4, -0.2) is 91.4 Å². The van der Waals surface area contributed by atoms with Crippen molar-refractivity contribution in [3.63, 3.8) is 0 Å². The first-order chi connectivity index (χ1) is 13.6. The summed E-state index contributed by atoms with van der Waals surface area (Å²) in [5.74, 6) is -3.60. The maximum Gasteiger partial charge on any atom is 1.00 e. The molecule has 0 unspecified atom stereocenters. The third kappa shape index (κ3) is 3.68. The average Bonchev–Trinajstić information content (AvgIpc) is 3.38. The second kappa shape index (κ2) is 8.61. The number of carbonyl (C=O) groups excluding carboxylic acids is 4. The Morgan fingerprint density at radius 3 is 2.40 bits per heavy atom. The zero-order chi connectivity index (χ0) is 21.1. The zero-order valence-corrected chi connectivity index (χ0v) is 20.4. The molecule has 0 aliphatic carbocycles. The number of β-lactam (4-membered cyclic amide) rings is 1. The molecule has 0 spiro atoms. The van der Waals surface area contributed by atoms with Gasteiger partial charge in [0, 0.05) is 24.4 Å². The van der Waals surface area contributed by atoms with E-state index in [4.69, 9.17) is 0 Å². The standard InChI is InChI=1S/C19H27N3O6S.Na/c1-19(2)13(18(27)28)22-15(25)11(17(22)29-19)12(23)16(26)21-9-5-6-10(21)14(24)20-7-3-4-8-20;/h10-13,17,23H,3-9H2,1-2H3,(H,27,28);/q;+1/p-1/t10-,11+,12-,13-,17+;/m0./s1. The van der Waals surface area contributed by atoms with Gasteiger partial charge in [0.1, 0.15) is 18.1 Å². The first-order valence-electron chi connectivity index (χ1n) is 10.1. The second-order valence-electron chi connectivity index (χ2n) is 8.77. The van der Waals surface area contributed by atoms with Crippen LogP contribution in [0, 0.1) is 5.92 Å². The molecule has 9 nitrogen and oxygen atoms in total. The van der Waals surface area contributed by atoms with Crippen LogP contribution in [0.3, 0.4) is 0 Å². The fraction of sp³-hybridized carbons (Fsp3) is 0.789. The molecule has 3 amide bonds. The van der Waals surface area contributed by atoms with Crippen LogP contribution >= 0.6 is 11.8 Å². The molecule has 11 heteroatoms. The van der Waals surface area contributed by atoms with Gasteiger partial charge in [0.05, 0.1) is 17.4 Å². The van der Waals surface area contributed by atoms with Crippen molar-refractivity contribution in [3.8, 4) is 0 Å². The summed E-state index contributed by atoms with van der Waals surface area (Å²) < 4.78 is -0.779. The van der Waals surface area contributed by atoms with Gasteiger partial charge in [-0.1, -0.05) is 0 Å². The Morgan fingerprint density at radius 1 is 1.17 bits per heavy atom. The zero-order valence-electron chi connectivity index (χ0n) is 17.6. The number of aliphatic hydroxyl groups excluding tert-OH is 1. The normalized spacial score (nSPS) is 33.0. The molecule has 4 rings (SSSR count). The van der Waals surface area contributed by atoms with E-state index in [1.165, 1.54) is 21.6 Å². The van der Waals surface area contributed by atoms with E-state index in [0.29, 0.717) is 32.5 Å². The van der Waals surface area contributed by atoms with Gasteiger partial charge in [0.2, 0.25) is 11.8 Å².